The van der Waals surface area contributed by atoms with Crippen molar-refractivity contribution in [1.82, 2.24) is 0 Å². The first-order chi connectivity index (χ1) is 9.61. The molecule has 4 nitrogen and oxygen atoms in total. The maximum absolute atomic E-state index is 12.1. The highest BCUT2D eigenvalue weighted by Crippen LogP contribution is 2.20. The van der Waals surface area contributed by atoms with E-state index >= 15 is 0 Å². The van der Waals surface area contributed by atoms with Crippen molar-refractivity contribution in [3.8, 4) is 11.8 Å². The quantitative estimate of drug-likeness (QED) is 0.840. The zero-order chi connectivity index (χ0) is 16.1. The van der Waals surface area contributed by atoms with Crippen molar-refractivity contribution >= 4 is 15.7 Å². The molecular weight excluding hydrogens is 286 g/mol. The molecule has 0 aliphatic heterocycles. The van der Waals surface area contributed by atoms with Gasteiger partial charge in [0.25, 0.3) is 0 Å². The molecule has 0 saturated carbocycles. The fraction of sp³-hybridized carbons (Fsp3) is 0.500. The van der Waals surface area contributed by atoms with Gasteiger partial charge < -0.3 is 5.11 Å². The molecule has 5 heteroatoms. The Morgan fingerprint density at radius 3 is 2.48 bits per heavy atom. The highest BCUT2D eigenvalue weighted by atomic mass is 32.2. The van der Waals surface area contributed by atoms with Crippen LogP contribution in [0.25, 0.3) is 0 Å². The molecule has 0 aromatic heterocycles. The summed E-state index contributed by atoms with van der Waals surface area (Å²) in [6.45, 7) is 7.56. The number of aliphatic hydroxyl groups is 1. The molecule has 0 amide bonds. The van der Waals surface area contributed by atoms with Gasteiger partial charge >= 0.3 is 0 Å². The minimum Gasteiger partial charge on any atom is -0.395 e. The maximum Gasteiger partial charge on any atom is 0.233 e. The number of sulfonamides is 1. The van der Waals surface area contributed by atoms with E-state index in [4.69, 9.17) is 5.11 Å². The summed E-state index contributed by atoms with van der Waals surface area (Å²) >= 11 is 0. The maximum atomic E-state index is 12.1. The second kappa shape index (κ2) is 6.97. The van der Waals surface area contributed by atoms with Crippen LogP contribution in [0.4, 0.5) is 5.69 Å². The van der Waals surface area contributed by atoms with E-state index in [-0.39, 0.29) is 17.8 Å². The summed E-state index contributed by atoms with van der Waals surface area (Å²) in [6, 6.07) is 5.36. The Hall–Kier alpha value is -1.51. The summed E-state index contributed by atoms with van der Waals surface area (Å²) < 4.78 is 26.8. The molecule has 0 radical (unpaired) electrons. The van der Waals surface area contributed by atoms with Crippen molar-refractivity contribution in [2.24, 2.45) is 5.41 Å². The molecule has 2 N–H and O–H groups in total. The lowest BCUT2D eigenvalue weighted by Crippen LogP contribution is -2.26. The Kier molecular flexibility index (Phi) is 5.82. The van der Waals surface area contributed by atoms with Crippen molar-refractivity contribution in [2.45, 2.75) is 34.1 Å². The number of hydrogen-bond acceptors (Lipinski definition) is 3. The Morgan fingerprint density at radius 2 is 1.90 bits per heavy atom. The average Bonchev–Trinajstić information content (AvgIpc) is 2.23. The fourth-order valence-electron chi connectivity index (χ4n) is 1.92. The van der Waals surface area contributed by atoms with E-state index in [1.54, 1.807) is 12.1 Å². The van der Waals surface area contributed by atoms with Crippen LogP contribution in [0, 0.1) is 24.2 Å². The number of aliphatic hydroxyl groups excluding tert-OH is 1. The second-order valence-corrected chi connectivity index (χ2v) is 8.01. The van der Waals surface area contributed by atoms with Gasteiger partial charge in [0.05, 0.1) is 12.4 Å². The average molecular weight is 309 g/mol. The fourth-order valence-corrected chi connectivity index (χ4v) is 3.61. The molecule has 1 aromatic rings. The molecule has 1 aromatic carbocycles. The van der Waals surface area contributed by atoms with Gasteiger partial charge in [-0.2, -0.15) is 0 Å². The van der Waals surface area contributed by atoms with E-state index in [0.29, 0.717) is 12.1 Å². The normalized spacial score (nSPS) is 11.7. The van der Waals surface area contributed by atoms with Crippen molar-refractivity contribution in [1.29, 1.82) is 0 Å². The lowest BCUT2D eigenvalue weighted by atomic mass is 10.0. The van der Waals surface area contributed by atoms with Crippen molar-refractivity contribution in [2.75, 3.05) is 17.1 Å². The van der Waals surface area contributed by atoms with Crippen LogP contribution < -0.4 is 4.72 Å². The lowest BCUT2D eigenvalue weighted by Gasteiger charge is -2.19. The van der Waals surface area contributed by atoms with Crippen LogP contribution in [0.3, 0.4) is 0 Å². The van der Waals surface area contributed by atoms with Gasteiger partial charge in [0.2, 0.25) is 10.0 Å². The van der Waals surface area contributed by atoms with E-state index < -0.39 is 10.0 Å². The molecule has 0 atom stereocenters. The topological polar surface area (TPSA) is 66.4 Å². The van der Waals surface area contributed by atoms with Crippen molar-refractivity contribution in [3.05, 3.63) is 29.3 Å². The van der Waals surface area contributed by atoms with Crippen molar-refractivity contribution in [3.63, 3.8) is 0 Å². The van der Waals surface area contributed by atoms with Gasteiger partial charge in [-0.1, -0.05) is 32.6 Å². The van der Waals surface area contributed by atoms with Crippen LogP contribution in [0.1, 0.15) is 38.3 Å². The summed E-state index contributed by atoms with van der Waals surface area (Å²) in [4.78, 5) is 0. The van der Waals surface area contributed by atoms with Crippen LogP contribution in [-0.4, -0.2) is 25.9 Å². The third-order valence-electron chi connectivity index (χ3n) is 2.44. The van der Waals surface area contributed by atoms with Gasteiger partial charge in [-0.3, -0.25) is 4.72 Å². The molecule has 0 aliphatic carbocycles. The van der Waals surface area contributed by atoms with Crippen LogP contribution >= 0.6 is 0 Å². The van der Waals surface area contributed by atoms with Gasteiger partial charge in [0.15, 0.2) is 0 Å². The SMILES string of the molecule is Cc1cc(C#CCCO)cc(NS(=O)(=O)CC(C)(C)C)c1. The third-order valence-corrected chi connectivity index (χ3v) is 4.24. The standard InChI is InChI=1S/C16H23NO3S/c1-13-9-14(7-5-6-8-18)11-15(10-13)17-21(19,20)12-16(2,3)4/h9-11,17-18H,6,8,12H2,1-4H3. The predicted molar refractivity (Wildman–Crippen MR) is 86.6 cm³/mol. The highest BCUT2D eigenvalue weighted by Gasteiger charge is 2.21. The first-order valence-electron chi connectivity index (χ1n) is 6.83. The van der Waals surface area contributed by atoms with E-state index in [9.17, 15) is 8.42 Å². The van der Waals surface area contributed by atoms with Gasteiger partial charge in [-0.15, -0.1) is 0 Å². The van der Waals surface area contributed by atoms with Crippen LogP contribution in [0.2, 0.25) is 0 Å². The number of hydrogen-bond donors (Lipinski definition) is 2. The molecule has 116 valence electrons. The molecule has 21 heavy (non-hydrogen) atoms. The Labute approximate surface area is 127 Å². The molecule has 0 bridgehead atoms. The molecule has 0 aliphatic rings. The molecule has 0 unspecified atom stereocenters. The predicted octanol–water partition coefficient (Wildman–Crippen LogP) is 2.52. The van der Waals surface area contributed by atoms with Gasteiger partial charge in [-0.05, 0) is 36.1 Å². The lowest BCUT2D eigenvalue weighted by molar-refractivity contribution is 0.305. The summed E-state index contributed by atoms with van der Waals surface area (Å²) in [7, 11) is -3.39. The molecule has 1 rings (SSSR count). The molecule has 0 heterocycles. The van der Waals surface area contributed by atoms with Crippen LogP contribution in [0.15, 0.2) is 18.2 Å². The molecule has 0 fully saturated rings. The number of benzene rings is 1. The van der Waals surface area contributed by atoms with Gasteiger partial charge in [0.1, 0.15) is 0 Å². The van der Waals surface area contributed by atoms with Crippen LogP contribution in [-0.2, 0) is 10.0 Å². The second-order valence-electron chi connectivity index (χ2n) is 6.28. The molecular formula is C16H23NO3S. The minimum atomic E-state index is -3.39. The largest absolute Gasteiger partial charge is 0.395 e. The van der Waals surface area contributed by atoms with Crippen LogP contribution in [0.5, 0.6) is 0 Å². The number of anilines is 1. The summed E-state index contributed by atoms with van der Waals surface area (Å²) in [5.74, 6) is 5.80. The Morgan fingerprint density at radius 1 is 1.24 bits per heavy atom. The molecule has 0 spiro atoms. The highest BCUT2D eigenvalue weighted by molar-refractivity contribution is 7.92. The number of rotatable bonds is 4. The zero-order valence-electron chi connectivity index (χ0n) is 13.0. The van der Waals surface area contributed by atoms with Gasteiger partial charge in [0, 0.05) is 17.7 Å². The Balaban J connectivity index is 2.97. The third kappa shape index (κ3) is 7.16. The summed E-state index contributed by atoms with van der Waals surface area (Å²) in [5.41, 5.74) is 1.88. The van der Waals surface area contributed by atoms with Gasteiger partial charge in [-0.25, -0.2) is 8.42 Å². The smallest absolute Gasteiger partial charge is 0.233 e. The number of nitrogens with one attached hydrogen (secondary N) is 1. The number of aryl methyl sites for hydroxylation is 1. The Bertz CT molecular complexity index is 646. The first kappa shape index (κ1) is 17.5. The van der Waals surface area contributed by atoms with E-state index in [1.807, 2.05) is 33.8 Å². The zero-order valence-corrected chi connectivity index (χ0v) is 13.8. The first-order valence-corrected chi connectivity index (χ1v) is 8.48. The monoisotopic (exact) mass is 309 g/mol. The van der Waals surface area contributed by atoms with Crippen molar-refractivity contribution < 1.29 is 13.5 Å². The minimum absolute atomic E-state index is 0.0177. The summed E-state index contributed by atoms with van der Waals surface area (Å²) in [6.07, 6.45) is 0.402. The van der Waals surface area contributed by atoms with E-state index in [2.05, 4.69) is 16.6 Å². The van der Waals surface area contributed by atoms with E-state index in [1.165, 1.54) is 0 Å². The summed E-state index contributed by atoms with van der Waals surface area (Å²) in [5, 5.41) is 8.72. The van der Waals surface area contributed by atoms with E-state index in [0.717, 1.165) is 11.1 Å². The molecule has 0 saturated heterocycles.